The van der Waals surface area contributed by atoms with Gasteiger partial charge in [-0.1, -0.05) is 12.1 Å². The van der Waals surface area contributed by atoms with Crippen LogP contribution in [0.4, 0.5) is 11.6 Å². The highest BCUT2D eigenvalue weighted by molar-refractivity contribution is 5.95. The minimum absolute atomic E-state index is 0.0303. The van der Waals surface area contributed by atoms with Crippen LogP contribution in [-0.2, 0) is 11.3 Å². The Hall–Kier alpha value is -3.72. The van der Waals surface area contributed by atoms with Gasteiger partial charge in [-0.05, 0) is 61.4 Å². The zero-order chi connectivity index (χ0) is 23.1. The Morgan fingerprint density at radius 2 is 1.97 bits per heavy atom. The van der Waals surface area contributed by atoms with Gasteiger partial charge in [0.15, 0.2) is 5.82 Å². The van der Waals surface area contributed by atoms with Crippen LogP contribution in [0.25, 0.3) is 22.3 Å². The Morgan fingerprint density at radius 3 is 2.71 bits per heavy atom. The summed E-state index contributed by atoms with van der Waals surface area (Å²) in [4.78, 5) is 17.1. The first-order valence-electron chi connectivity index (χ1n) is 11.8. The maximum atomic E-state index is 12.3. The molecular formula is C25H27N7O2. The van der Waals surface area contributed by atoms with Crippen LogP contribution < -0.4 is 10.6 Å². The summed E-state index contributed by atoms with van der Waals surface area (Å²) in [6.45, 7) is 1.09. The average molecular weight is 458 g/mol. The number of H-pyrrole nitrogens is 1. The number of aromatic nitrogens is 5. The number of hydrogen-bond donors (Lipinski definition) is 3. The maximum absolute atomic E-state index is 12.3. The number of fused-ring (bicyclic) bond motifs is 1. The van der Waals surface area contributed by atoms with Crippen LogP contribution in [0.15, 0.2) is 42.6 Å². The van der Waals surface area contributed by atoms with Gasteiger partial charge in [-0.2, -0.15) is 10.1 Å². The van der Waals surface area contributed by atoms with Crippen molar-refractivity contribution in [2.75, 3.05) is 19.0 Å². The fraction of sp³-hybridized carbons (Fsp3) is 0.360. The van der Waals surface area contributed by atoms with Crippen LogP contribution in [0.3, 0.4) is 0 Å². The Labute approximate surface area is 196 Å². The summed E-state index contributed by atoms with van der Waals surface area (Å²) in [6.07, 6.45) is 6.40. The van der Waals surface area contributed by atoms with Gasteiger partial charge in [0.1, 0.15) is 0 Å². The van der Waals surface area contributed by atoms with E-state index in [1.54, 1.807) is 7.11 Å². The number of methoxy groups -OCH3 is 1. The van der Waals surface area contributed by atoms with Crippen molar-refractivity contribution in [2.45, 2.75) is 44.2 Å². The first-order valence-corrected chi connectivity index (χ1v) is 11.8. The molecule has 2 aliphatic rings. The lowest BCUT2D eigenvalue weighted by Crippen LogP contribution is -2.25. The zero-order valence-electron chi connectivity index (χ0n) is 19.0. The van der Waals surface area contributed by atoms with E-state index in [2.05, 4.69) is 26.9 Å². The minimum Gasteiger partial charge on any atom is -0.383 e. The van der Waals surface area contributed by atoms with Gasteiger partial charge in [0.2, 0.25) is 5.95 Å². The van der Waals surface area contributed by atoms with Crippen LogP contribution in [-0.4, -0.2) is 50.6 Å². The molecule has 0 atom stereocenters. The summed E-state index contributed by atoms with van der Waals surface area (Å²) >= 11 is 0. The normalized spacial score (nSPS) is 15.6. The first-order chi connectivity index (χ1) is 16.7. The van der Waals surface area contributed by atoms with Crippen LogP contribution in [0.5, 0.6) is 0 Å². The lowest BCUT2D eigenvalue weighted by Gasteiger charge is -2.13. The molecule has 174 valence electrons. The summed E-state index contributed by atoms with van der Waals surface area (Å²) in [6, 6.07) is 11.9. The monoisotopic (exact) mass is 457 g/mol. The summed E-state index contributed by atoms with van der Waals surface area (Å²) in [7, 11) is 1.67. The second kappa shape index (κ2) is 8.57. The molecule has 9 nitrogen and oxygen atoms in total. The van der Waals surface area contributed by atoms with E-state index in [1.807, 2.05) is 41.2 Å². The van der Waals surface area contributed by atoms with Gasteiger partial charge >= 0.3 is 0 Å². The standard InChI is InChI=1S/C25H27N7O2/c1-34-13-12-32-25(28-21-11-10-20-19(14-26-30-20)22(21)15-2-3-15)29-23(31-32)16-4-6-17(7-5-16)24(33)27-18-8-9-18/h4-7,10-11,14-15,18H,2-3,8-9,12-13H2,1H3,(H,26,30)(H,27,33)(H,28,29,31). The molecule has 2 saturated carbocycles. The molecule has 0 aliphatic heterocycles. The Kier molecular flexibility index (Phi) is 5.26. The van der Waals surface area contributed by atoms with Gasteiger partial charge in [0, 0.05) is 35.4 Å². The van der Waals surface area contributed by atoms with Gasteiger partial charge in [-0.3, -0.25) is 9.89 Å². The van der Waals surface area contributed by atoms with Crippen molar-refractivity contribution >= 4 is 28.4 Å². The van der Waals surface area contributed by atoms with E-state index in [0.717, 1.165) is 35.0 Å². The highest BCUT2D eigenvalue weighted by atomic mass is 16.5. The molecule has 0 spiro atoms. The van der Waals surface area contributed by atoms with Crippen molar-refractivity contribution in [1.82, 2.24) is 30.3 Å². The molecule has 2 aliphatic carbocycles. The maximum Gasteiger partial charge on any atom is 0.251 e. The highest BCUT2D eigenvalue weighted by Crippen LogP contribution is 2.47. The van der Waals surface area contributed by atoms with E-state index in [1.165, 1.54) is 18.4 Å². The Morgan fingerprint density at radius 1 is 1.15 bits per heavy atom. The summed E-state index contributed by atoms with van der Waals surface area (Å²) < 4.78 is 7.13. The predicted octanol–water partition coefficient (Wildman–Crippen LogP) is 3.98. The number of hydrogen-bond acceptors (Lipinski definition) is 6. The lowest BCUT2D eigenvalue weighted by molar-refractivity contribution is 0.0951. The van der Waals surface area contributed by atoms with Crippen molar-refractivity contribution in [3.05, 3.63) is 53.7 Å². The number of nitrogens with one attached hydrogen (secondary N) is 3. The minimum atomic E-state index is -0.0303. The molecule has 34 heavy (non-hydrogen) atoms. The largest absolute Gasteiger partial charge is 0.383 e. The van der Waals surface area contributed by atoms with Gasteiger partial charge < -0.3 is 15.4 Å². The average Bonchev–Trinajstić information content (AvgIpc) is 3.77. The fourth-order valence-corrected chi connectivity index (χ4v) is 4.24. The number of rotatable bonds is 9. The molecule has 6 rings (SSSR count). The Balaban J connectivity index is 1.30. The molecular weight excluding hydrogens is 430 g/mol. The summed E-state index contributed by atoms with van der Waals surface area (Å²) in [5.41, 5.74) is 4.85. The number of nitrogens with zero attached hydrogens (tertiary/aromatic N) is 4. The van der Waals surface area contributed by atoms with Gasteiger partial charge in [0.05, 0.1) is 24.9 Å². The van der Waals surface area contributed by atoms with Gasteiger partial charge in [0.25, 0.3) is 5.91 Å². The number of carbonyl (C=O) groups is 1. The fourth-order valence-electron chi connectivity index (χ4n) is 4.24. The quantitative estimate of drug-likeness (QED) is 0.351. The lowest BCUT2D eigenvalue weighted by atomic mass is 10.0. The topological polar surface area (TPSA) is 110 Å². The van der Waals surface area contributed by atoms with Crippen molar-refractivity contribution in [1.29, 1.82) is 0 Å². The molecule has 2 aromatic heterocycles. The summed E-state index contributed by atoms with van der Waals surface area (Å²) in [5.74, 6) is 1.77. The number of aromatic amines is 1. The summed E-state index contributed by atoms with van der Waals surface area (Å²) in [5, 5.41) is 19.7. The van der Waals surface area contributed by atoms with Crippen LogP contribution in [0.1, 0.15) is 47.5 Å². The molecule has 0 saturated heterocycles. The van der Waals surface area contributed by atoms with Crippen molar-refractivity contribution in [3.63, 3.8) is 0 Å². The smallest absolute Gasteiger partial charge is 0.251 e. The molecule has 2 heterocycles. The SMILES string of the molecule is COCCn1nc(-c2ccc(C(=O)NC3CC3)cc2)nc1Nc1ccc2[nH]ncc2c1C1CC1. The van der Waals surface area contributed by atoms with Crippen molar-refractivity contribution in [2.24, 2.45) is 0 Å². The first kappa shape index (κ1) is 20.9. The number of benzene rings is 2. The molecule has 0 bridgehead atoms. The second-order valence-corrected chi connectivity index (χ2v) is 9.06. The molecule has 2 aromatic carbocycles. The van der Waals surface area contributed by atoms with E-state index < -0.39 is 0 Å². The van der Waals surface area contributed by atoms with E-state index in [9.17, 15) is 4.79 Å². The highest BCUT2D eigenvalue weighted by Gasteiger charge is 2.29. The number of ether oxygens (including phenoxy) is 1. The third-order valence-electron chi connectivity index (χ3n) is 6.39. The van der Waals surface area contributed by atoms with Gasteiger partial charge in [-0.15, -0.1) is 5.10 Å². The van der Waals surface area contributed by atoms with E-state index in [-0.39, 0.29) is 5.91 Å². The van der Waals surface area contributed by atoms with E-state index in [0.29, 0.717) is 42.4 Å². The Bertz CT molecular complexity index is 1330. The number of anilines is 2. The second-order valence-electron chi connectivity index (χ2n) is 9.06. The molecule has 2 fully saturated rings. The number of amides is 1. The molecule has 4 aromatic rings. The van der Waals surface area contributed by atoms with E-state index >= 15 is 0 Å². The molecule has 0 radical (unpaired) electrons. The third kappa shape index (κ3) is 4.14. The molecule has 1 amide bonds. The van der Waals surface area contributed by atoms with Gasteiger partial charge in [-0.25, -0.2) is 4.68 Å². The molecule has 0 unspecified atom stereocenters. The van der Waals surface area contributed by atoms with Crippen molar-refractivity contribution in [3.8, 4) is 11.4 Å². The molecule has 3 N–H and O–H groups in total. The van der Waals surface area contributed by atoms with Crippen LogP contribution in [0, 0.1) is 0 Å². The van der Waals surface area contributed by atoms with Crippen LogP contribution >= 0.6 is 0 Å². The van der Waals surface area contributed by atoms with E-state index in [4.69, 9.17) is 14.8 Å². The third-order valence-corrected chi connectivity index (χ3v) is 6.39. The zero-order valence-corrected chi connectivity index (χ0v) is 19.0. The van der Waals surface area contributed by atoms with Crippen LogP contribution in [0.2, 0.25) is 0 Å². The van der Waals surface area contributed by atoms with Crippen molar-refractivity contribution < 1.29 is 9.53 Å². The number of carbonyl (C=O) groups excluding carboxylic acids is 1. The molecule has 9 heteroatoms. The predicted molar refractivity (Wildman–Crippen MR) is 129 cm³/mol.